The third-order valence-electron chi connectivity index (χ3n) is 2.38. The van der Waals surface area contributed by atoms with Gasteiger partial charge in [-0.1, -0.05) is 32.0 Å². The van der Waals surface area contributed by atoms with E-state index >= 15 is 0 Å². The minimum atomic E-state index is 0.575. The number of hydrogen-bond donors (Lipinski definition) is 0. The predicted octanol–water partition coefficient (Wildman–Crippen LogP) is 4.12. The highest BCUT2D eigenvalue weighted by Crippen LogP contribution is 2.22. The topological polar surface area (TPSA) is 12.9 Å². The summed E-state index contributed by atoms with van der Waals surface area (Å²) in [5, 5.41) is 2.44. The average molecular weight is 250 g/mol. The van der Waals surface area contributed by atoms with E-state index in [4.69, 9.17) is 0 Å². The zero-order chi connectivity index (χ0) is 10.1. The molecule has 14 heavy (non-hydrogen) atoms. The first-order valence-electron chi connectivity index (χ1n) is 4.72. The Hall–Kier alpha value is -0.890. The van der Waals surface area contributed by atoms with Gasteiger partial charge in [0, 0.05) is 11.6 Å². The average Bonchev–Trinajstić information content (AvgIpc) is 2.16. The van der Waals surface area contributed by atoms with Gasteiger partial charge in [0.05, 0.1) is 0 Å². The van der Waals surface area contributed by atoms with Gasteiger partial charge in [0.15, 0.2) is 0 Å². The van der Waals surface area contributed by atoms with Gasteiger partial charge in [-0.05, 0) is 38.9 Å². The molecule has 0 fully saturated rings. The summed E-state index contributed by atoms with van der Waals surface area (Å²) in [5.74, 6) is 0.575. The van der Waals surface area contributed by atoms with Crippen molar-refractivity contribution in [1.82, 2.24) is 4.98 Å². The van der Waals surface area contributed by atoms with Crippen molar-refractivity contribution in [3.63, 3.8) is 0 Å². The van der Waals surface area contributed by atoms with Gasteiger partial charge < -0.3 is 0 Å². The first kappa shape index (κ1) is 9.66. The maximum atomic E-state index is 4.20. The summed E-state index contributed by atoms with van der Waals surface area (Å²) in [6.07, 6.45) is 1.89. The maximum Gasteiger partial charge on any atom is 0.106 e. The predicted molar refractivity (Wildman–Crippen MR) is 63.5 cm³/mol. The third kappa shape index (κ3) is 1.80. The second-order valence-electron chi connectivity index (χ2n) is 3.77. The molecule has 0 aliphatic rings. The highest BCUT2D eigenvalue weighted by molar-refractivity contribution is 9.10. The molecule has 2 heteroatoms. The Balaban J connectivity index is 2.63. The van der Waals surface area contributed by atoms with Crippen molar-refractivity contribution in [3.05, 3.63) is 40.6 Å². The molecule has 1 aromatic heterocycles. The van der Waals surface area contributed by atoms with Crippen molar-refractivity contribution in [3.8, 4) is 0 Å². The van der Waals surface area contributed by atoms with E-state index in [1.54, 1.807) is 0 Å². The lowest BCUT2D eigenvalue weighted by Gasteiger charge is -2.06. The quantitative estimate of drug-likeness (QED) is 0.693. The molecule has 0 spiro atoms. The molecule has 2 aromatic rings. The molecule has 0 amide bonds. The van der Waals surface area contributed by atoms with Crippen LogP contribution in [0, 0.1) is 0 Å². The van der Waals surface area contributed by atoms with Crippen molar-refractivity contribution < 1.29 is 0 Å². The molecular weight excluding hydrogens is 238 g/mol. The van der Waals surface area contributed by atoms with Crippen LogP contribution >= 0.6 is 15.9 Å². The largest absolute Gasteiger partial charge is 0.249 e. The molecule has 0 saturated carbocycles. The molecule has 1 aromatic carbocycles. The van der Waals surface area contributed by atoms with Gasteiger partial charge in [-0.25, -0.2) is 4.98 Å². The number of rotatable bonds is 1. The van der Waals surface area contributed by atoms with Gasteiger partial charge in [0.1, 0.15) is 4.60 Å². The van der Waals surface area contributed by atoms with Gasteiger partial charge in [-0.15, -0.1) is 0 Å². The molecule has 0 N–H and O–H groups in total. The van der Waals surface area contributed by atoms with Crippen molar-refractivity contribution in [2.45, 2.75) is 19.8 Å². The summed E-state index contributed by atoms with van der Waals surface area (Å²) in [5.41, 5.74) is 1.37. The summed E-state index contributed by atoms with van der Waals surface area (Å²) < 4.78 is 0.894. The first-order chi connectivity index (χ1) is 6.66. The van der Waals surface area contributed by atoms with Crippen molar-refractivity contribution >= 4 is 26.7 Å². The van der Waals surface area contributed by atoms with Crippen LogP contribution in [0.25, 0.3) is 10.8 Å². The molecule has 0 unspecified atom stereocenters. The van der Waals surface area contributed by atoms with E-state index in [1.807, 2.05) is 6.20 Å². The van der Waals surface area contributed by atoms with E-state index in [-0.39, 0.29) is 0 Å². The number of fused-ring (bicyclic) bond motifs is 1. The zero-order valence-corrected chi connectivity index (χ0v) is 9.88. The second kappa shape index (κ2) is 3.70. The minimum Gasteiger partial charge on any atom is -0.249 e. The first-order valence-corrected chi connectivity index (χ1v) is 5.51. The summed E-state index contributed by atoms with van der Waals surface area (Å²) >= 11 is 3.38. The van der Waals surface area contributed by atoms with Crippen LogP contribution in [0.15, 0.2) is 35.1 Å². The fourth-order valence-electron chi connectivity index (χ4n) is 1.49. The van der Waals surface area contributed by atoms with E-state index in [0.717, 1.165) is 4.60 Å². The van der Waals surface area contributed by atoms with Crippen LogP contribution in [-0.2, 0) is 0 Å². The molecule has 1 heterocycles. The van der Waals surface area contributed by atoms with Gasteiger partial charge in [-0.3, -0.25) is 0 Å². The minimum absolute atomic E-state index is 0.575. The monoisotopic (exact) mass is 249 g/mol. The number of nitrogens with zero attached hydrogens (tertiary/aromatic N) is 1. The smallest absolute Gasteiger partial charge is 0.106 e. The number of pyridine rings is 1. The molecule has 72 valence electrons. The van der Waals surface area contributed by atoms with E-state index in [2.05, 4.69) is 59.0 Å². The van der Waals surface area contributed by atoms with Crippen LogP contribution in [0.4, 0.5) is 0 Å². The normalized spacial score (nSPS) is 11.1. The Morgan fingerprint density at radius 1 is 1.14 bits per heavy atom. The van der Waals surface area contributed by atoms with Crippen LogP contribution in [0.5, 0.6) is 0 Å². The Labute approximate surface area is 92.3 Å². The van der Waals surface area contributed by atoms with E-state index < -0.39 is 0 Å². The highest BCUT2D eigenvalue weighted by Gasteiger charge is 2.01. The SMILES string of the molecule is CC(C)c1ccc2cnc(Br)cc2c1. The Bertz CT molecular complexity index is 463. The lowest BCUT2D eigenvalue weighted by molar-refractivity contribution is 0.868. The third-order valence-corrected chi connectivity index (χ3v) is 2.81. The second-order valence-corrected chi connectivity index (χ2v) is 4.58. The molecular formula is C12H12BrN. The summed E-state index contributed by atoms with van der Waals surface area (Å²) in [4.78, 5) is 4.20. The molecule has 0 aliphatic heterocycles. The fourth-order valence-corrected chi connectivity index (χ4v) is 1.84. The Morgan fingerprint density at radius 3 is 2.64 bits per heavy atom. The zero-order valence-electron chi connectivity index (χ0n) is 8.29. The molecule has 0 bridgehead atoms. The molecule has 0 saturated heterocycles. The summed E-state index contributed by atoms with van der Waals surface area (Å²) in [6.45, 7) is 4.41. The van der Waals surface area contributed by atoms with Crippen LogP contribution in [-0.4, -0.2) is 4.98 Å². The number of benzene rings is 1. The number of hydrogen-bond acceptors (Lipinski definition) is 1. The maximum absolute atomic E-state index is 4.20. The fraction of sp³-hybridized carbons (Fsp3) is 0.250. The molecule has 2 rings (SSSR count). The van der Waals surface area contributed by atoms with E-state index in [0.29, 0.717) is 5.92 Å². The summed E-state index contributed by atoms with van der Waals surface area (Å²) in [6, 6.07) is 8.58. The van der Waals surface area contributed by atoms with Gasteiger partial charge in [0.2, 0.25) is 0 Å². The van der Waals surface area contributed by atoms with Gasteiger partial charge in [-0.2, -0.15) is 0 Å². The molecule has 0 aliphatic carbocycles. The van der Waals surface area contributed by atoms with E-state index in [1.165, 1.54) is 16.3 Å². The molecule has 0 atom stereocenters. The van der Waals surface area contributed by atoms with Crippen LogP contribution in [0.1, 0.15) is 25.3 Å². The van der Waals surface area contributed by atoms with E-state index in [9.17, 15) is 0 Å². The lowest BCUT2D eigenvalue weighted by Crippen LogP contribution is -1.87. The number of aromatic nitrogens is 1. The Kier molecular flexibility index (Phi) is 2.55. The van der Waals surface area contributed by atoms with Crippen molar-refractivity contribution in [2.24, 2.45) is 0 Å². The van der Waals surface area contributed by atoms with Crippen LogP contribution in [0.2, 0.25) is 0 Å². The van der Waals surface area contributed by atoms with Crippen molar-refractivity contribution in [1.29, 1.82) is 0 Å². The standard InChI is InChI=1S/C12H12BrN/c1-8(2)9-3-4-10-7-14-12(13)6-11(10)5-9/h3-8H,1-2H3. The van der Waals surface area contributed by atoms with Crippen molar-refractivity contribution in [2.75, 3.05) is 0 Å². The van der Waals surface area contributed by atoms with Crippen LogP contribution in [0.3, 0.4) is 0 Å². The molecule has 1 nitrogen and oxygen atoms in total. The van der Waals surface area contributed by atoms with Gasteiger partial charge >= 0.3 is 0 Å². The van der Waals surface area contributed by atoms with Crippen LogP contribution < -0.4 is 0 Å². The molecule has 0 radical (unpaired) electrons. The highest BCUT2D eigenvalue weighted by atomic mass is 79.9. The summed E-state index contributed by atoms with van der Waals surface area (Å²) in [7, 11) is 0. The lowest BCUT2D eigenvalue weighted by atomic mass is 10.0. The number of halogens is 1. The Morgan fingerprint density at radius 2 is 1.93 bits per heavy atom. The van der Waals surface area contributed by atoms with Gasteiger partial charge in [0.25, 0.3) is 0 Å².